The molecule has 0 aliphatic carbocycles. The van der Waals surface area contributed by atoms with Crippen LogP contribution in [0.3, 0.4) is 0 Å². The summed E-state index contributed by atoms with van der Waals surface area (Å²) in [5, 5.41) is 0. The topological polar surface area (TPSA) is 109 Å². The van der Waals surface area contributed by atoms with Gasteiger partial charge in [-0.05, 0) is 13.0 Å². The maximum atomic E-state index is 11.7. The van der Waals surface area contributed by atoms with Gasteiger partial charge in [0.25, 0.3) is 0 Å². The smallest absolute Gasteiger partial charge is 0.304 e. The molecular formula is C18H22NO8+. The summed E-state index contributed by atoms with van der Waals surface area (Å²) in [6.07, 6.45) is -0.517. The van der Waals surface area contributed by atoms with Crippen molar-refractivity contribution >= 4 is 23.7 Å². The fourth-order valence-electron chi connectivity index (χ4n) is 2.79. The first-order chi connectivity index (χ1) is 12.7. The molecule has 0 radical (unpaired) electrons. The summed E-state index contributed by atoms with van der Waals surface area (Å²) in [6, 6.07) is 3.28. The first-order valence-corrected chi connectivity index (χ1v) is 8.34. The van der Waals surface area contributed by atoms with Gasteiger partial charge in [-0.15, -0.1) is 0 Å². The molecule has 0 bridgehead atoms. The molecule has 0 N–H and O–H groups in total. The quantitative estimate of drug-likeness (QED) is 0.304. The molecule has 1 aliphatic heterocycles. The van der Waals surface area contributed by atoms with Gasteiger partial charge in [-0.1, -0.05) is 0 Å². The monoisotopic (exact) mass is 380 g/mol. The number of carbonyl (C=O) groups excluding carboxylic acids is 4. The number of esters is 3. The molecule has 27 heavy (non-hydrogen) atoms. The number of ketones is 1. The number of hydrogen-bond acceptors (Lipinski definition) is 8. The van der Waals surface area contributed by atoms with E-state index in [1.165, 1.54) is 27.7 Å². The Bertz CT molecular complexity index is 747. The third-order valence-corrected chi connectivity index (χ3v) is 3.86. The maximum Gasteiger partial charge on any atom is 0.304 e. The van der Waals surface area contributed by atoms with Crippen molar-refractivity contribution in [3.8, 4) is 0 Å². The molecule has 4 atom stereocenters. The van der Waals surface area contributed by atoms with E-state index in [1.807, 2.05) is 0 Å². The van der Waals surface area contributed by atoms with Crippen LogP contribution in [0.5, 0.6) is 0 Å². The number of pyridine rings is 1. The summed E-state index contributed by atoms with van der Waals surface area (Å²) >= 11 is 0. The Morgan fingerprint density at radius 2 is 1.63 bits per heavy atom. The van der Waals surface area contributed by atoms with Crippen LogP contribution in [0.25, 0.3) is 0 Å². The second kappa shape index (κ2) is 8.72. The normalized spacial score (nSPS) is 24.1. The lowest BCUT2D eigenvalue weighted by Gasteiger charge is -2.21. The molecule has 2 rings (SSSR count). The Hall–Kier alpha value is -2.81. The van der Waals surface area contributed by atoms with Crippen LogP contribution in [0.2, 0.25) is 0 Å². The van der Waals surface area contributed by atoms with Crippen molar-refractivity contribution in [2.45, 2.75) is 52.2 Å². The van der Waals surface area contributed by atoms with Crippen molar-refractivity contribution in [1.29, 1.82) is 0 Å². The molecule has 2 heterocycles. The first kappa shape index (κ1) is 20.5. The molecule has 1 fully saturated rings. The lowest BCUT2D eigenvalue weighted by Crippen LogP contribution is -2.48. The average Bonchev–Trinajstić information content (AvgIpc) is 2.89. The number of nitrogens with zero attached hydrogens (tertiary/aromatic N) is 1. The van der Waals surface area contributed by atoms with Gasteiger partial charge < -0.3 is 18.9 Å². The van der Waals surface area contributed by atoms with E-state index >= 15 is 0 Å². The lowest BCUT2D eigenvalue weighted by atomic mass is 10.1. The van der Waals surface area contributed by atoms with Crippen LogP contribution in [0.4, 0.5) is 0 Å². The second-order valence-corrected chi connectivity index (χ2v) is 6.11. The molecule has 1 unspecified atom stereocenters. The summed E-state index contributed by atoms with van der Waals surface area (Å²) < 4.78 is 23.0. The average molecular weight is 380 g/mol. The predicted molar refractivity (Wildman–Crippen MR) is 88.3 cm³/mol. The third-order valence-electron chi connectivity index (χ3n) is 3.86. The zero-order valence-electron chi connectivity index (χ0n) is 15.5. The lowest BCUT2D eigenvalue weighted by molar-refractivity contribution is -0.765. The van der Waals surface area contributed by atoms with Gasteiger partial charge in [0, 0.05) is 26.8 Å². The third kappa shape index (κ3) is 5.33. The summed E-state index contributed by atoms with van der Waals surface area (Å²) in [7, 11) is 0. The van der Waals surface area contributed by atoms with Crippen LogP contribution in [0.15, 0.2) is 24.5 Å². The molecule has 146 valence electrons. The van der Waals surface area contributed by atoms with Crippen molar-refractivity contribution < 1.29 is 42.7 Å². The highest BCUT2D eigenvalue weighted by Gasteiger charge is 2.54. The van der Waals surface area contributed by atoms with E-state index in [0.29, 0.717) is 5.56 Å². The van der Waals surface area contributed by atoms with E-state index in [4.69, 9.17) is 18.9 Å². The standard InChI is InChI=1S/C18H22NO8/c1-10(20)14-6-5-7-19(8-14)18-17(26-13(4)23)16(25-12(3)22)15(27-18)9-24-11(2)21/h5-8,15-18H,9H2,1-4H3/q+1/t15-,16+,17?,18-/m1/s1. The Morgan fingerprint density at radius 3 is 2.19 bits per heavy atom. The van der Waals surface area contributed by atoms with Gasteiger partial charge in [0.05, 0.1) is 5.56 Å². The summed E-state index contributed by atoms with van der Waals surface area (Å²) in [4.78, 5) is 45.9. The van der Waals surface area contributed by atoms with E-state index < -0.39 is 42.4 Å². The zero-order valence-corrected chi connectivity index (χ0v) is 15.5. The number of rotatable bonds is 6. The number of Topliss-reactive ketones (excluding diaryl/α,β-unsaturated/α-hetero) is 1. The Kier molecular flexibility index (Phi) is 6.62. The van der Waals surface area contributed by atoms with E-state index in [-0.39, 0.29) is 12.4 Å². The highest BCUT2D eigenvalue weighted by atomic mass is 16.7. The molecule has 0 aromatic carbocycles. The van der Waals surface area contributed by atoms with Crippen molar-refractivity contribution in [3.05, 3.63) is 30.1 Å². The van der Waals surface area contributed by atoms with Crippen molar-refractivity contribution in [1.82, 2.24) is 0 Å². The molecule has 1 aliphatic rings. The van der Waals surface area contributed by atoms with Gasteiger partial charge in [-0.3, -0.25) is 19.2 Å². The van der Waals surface area contributed by atoms with Crippen LogP contribution in [0, 0.1) is 0 Å². The Labute approximate surface area is 156 Å². The fourth-order valence-corrected chi connectivity index (χ4v) is 2.79. The van der Waals surface area contributed by atoms with Gasteiger partial charge in [0.2, 0.25) is 6.10 Å². The van der Waals surface area contributed by atoms with Crippen LogP contribution in [-0.4, -0.2) is 48.6 Å². The number of ether oxygens (including phenoxy) is 4. The molecule has 1 aromatic rings. The minimum Gasteiger partial charge on any atom is -0.463 e. The molecule has 0 saturated carbocycles. The van der Waals surface area contributed by atoms with Gasteiger partial charge in [0.1, 0.15) is 12.7 Å². The van der Waals surface area contributed by atoms with Gasteiger partial charge in [-0.25, -0.2) is 0 Å². The highest BCUT2D eigenvalue weighted by Crippen LogP contribution is 2.31. The van der Waals surface area contributed by atoms with Crippen LogP contribution in [-0.2, 0) is 33.3 Å². The molecule has 0 spiro atoms. The minimum absolute atomic E-state index is 0.153. The Balaban J connectivity index is 2.39. The zero-order chi connectivity index (χ0) is 20.1. The summed E-state index contributed by atoms with van der Waals surface area (Å²) in [6.45, 7) is 4.91. The largest absolute Gasteiger partial charge is 0.463 e. The molecule has 1 saturated heterocycles. The summed E-state index contributed by atoms with van der Waals surface area (Å²) in [5.41, 5.74) is 0.426. The molecule has 9 nitrogen and oxygen atoms in total. The second-order valence-electron chi connectivity index (χ2n) is 6.11. The van der Waals surface area contributed by atoms with E-state index in [2.05, 4.69) is 0 Å². The summed E-state index contributed by atoms with van der Waals surface area (Å²) in [5.74, 6) is -1.88. The van der Waals surface area contributed by atoms with E-state index in [9.17, 15) is 19.2 Å². The van der Waals surface area contributed by atoms with Gasteiger partial charge in [0.15, 0.2) is 24.3 Å². The maximum absolute atomic E-state index is 11.7. The van der Waals surface area contributed by atoms with Gasteiger partial charge in [-0.2, -0.15) is 4.57 Å². The van der Waals surface area contributed by atoms with Crippen molar-refractivity contribution in [2.75, 3.05) is 6.61 Å². The predicted octanol–water partition coefficient (Wildman–Crippen LogP) is 0.501. The first-order valence-electron chi connectivity index (χ1n) is 8.34. The van der Waals surface area contributed by atoms with Crippen LogP contribution >= 0.6 is 0 Å². The minimum atomic E-state index is -0.987. The molecule has 0 amide bonds. The molecule has 9 heteroatoms. The number of hydrogen-bond donors (Lipinski definition) is 0. The van der Waals surface area contributed by atoms with Crippen molar-refractivity contribution in [2.24, 2.45) is 0 Å². The van der Waals surface area contributed by atoms with E-state index in [1.54, 1.807) is 29.1 Å². The van der Waals surface area contributed by atoms with Crippen LogP contribution in [0.1, 0.15) is 44.3 Å². The number of carbonyl (C=O) groups is 4. The van der Waals surface area contributed by atoms with Crippen LogP contribution < -0.4 is 4.57 Å². The Morgan fingerprint density at radius 1 is 1.00 bits per heavy atom. The van der Waals surface area contributed by atoms with Gasteiger partial charge >= 0.3 is 24.1 Å². The van der Waals surface area contributed by atoms with E-state index in [0.717, 1.165) is 0 Å². The highest BCUT2D eigenvalue weighted by molar-refractivity contribution is 5.93. The molecular weight excluding hydrogens is 358 g/mol. The SMILES string of the molecule is CC(=O)OC[C@H]1O[C@@H]([n+]2cccc(C(C)=O)c2)C(OC(C)=O)[C@H]1OC(C)=O. The molecule has 1 aromatic heterocycles. The fraction of sp³-hybridized carbons (Fsp3) is 0.500. The van der Waals surface area contributed by atoms with Crippen molar-refractivity contribution in [3.63, 3.8) is 0 Å². The number of aromatic nitrogens is 1.